The Morgan fingerprint density at radius 2 is 1.41 bits per heavy atom. The molecule has 3 aromatic rings. The second-order valence-corrected chi connectivity index (χ2v) is 9.77. The quantitative estimate of drug-likeness (QED) is 0.505. The Bertz CT molecular complexity index is 1240. The number of carbonyl (C=O) groups excluding carboxylic acids is 2. The lowest BCUT2D eigenvalue weighted by Crippen LogP contribution is -2.35. The van der Waals surface area contributed by atoms with Crippen LogP contribution in [-0.4, -0.2) is 37.6 Å². The Morgan fingerprint density at radius 1 is 0.794 bits per heavy atom. The lowest BCUT2D eigenvalue weighted by Gasteiger charge is -2.15. The van der Waals surface area contributed by atoms with Crippen molar-refractivity contribution in [2.24, 2.45) is 0 Å². The van der Waals surface area contributed by atoms with Crippen LogP contribution < -0.4 is 15.4 Å². The molecule has 2 N–H and O–H groups in total. The summed E-state index contributed by atoms with van der Waals surface area (Å²) >= 11 is 0. The Kier molecular flexibility index (Phi) is 7.24. The molecule has 0 unspecified atom stereocenters. The van der Waals surface area contributed by atoms with E-state index in [2.05, 4.69) is 10.6 Å². The van der Waals surface area contributed by atoms with Gasteiger partial charge in [-0.15, -0.1) is 0 Å². The molecule has 0 bridgehead atoms. The molecule has 0 atom stereocenters. The van der Waals surface area contributed by atoms with Gasteiger partial charge in [0.25, 0.3) is 0 Å². The van der Waals surface area contributed by atoms with Gasteiger partial charge in [-0.05, 0) is 66.9 Å². The summed E-state index contributed by atoms with van der Waals surface area (Å²) in [7, 11) is -3.48. The van der Waals surface area contributed by atoms with E-state index in [4.69, 9.17) is 4.74 Å². The van der Waals surface area contributed by atoms with Crippen molar-refractivity contribution in [1.29, 1.82) is 0 Å². The van der Waals surface area contributed by atoms with E-state index in [9.17, 15) is 18.0 Å². The van der Waals surface area contributed by atoms with E-state index < -0.39 is 21.8 Å². The van der Waals surface area contributed by atoms with Crippen LogP contribution in [0.3, 0.4) is 0 Å². The number of anilines is 1. The molecule has 1 fully saturated rings. The molecule has 3 aromatic carbocycles. The van der Waals surface area contributed by atoms with Gasteiger partial charge in [0.15, 0.2) is 0 Å². The van der Waals surface area contributed by atoms with Gasteiger partial charge in [0.05, 0.1) is 4.90 Å². The molecular formula is C25H25N3O5S. The summed E-state index contributed by atoms with van der Waals surface area (Å²) in [6, 6.07) is 22.3. The molecule has 9 heteroatoms. The second-order valence-electron chi connectivity index (χ2n) is 7.83. The summed E-state index contributed by atoms with van der Waals surface area (Å²) in [6.07, 6.45) is 1.74. The molecule has 34 heavy (non-hydrogen) atoms. The summed E-state index contributed by atoms with van der Waals surface area (Å²) < 4.78 is 32.3. The highest BCUT2D eigenvalue weighted by atomic mass is 32.2. The summed E-state index contributed by atoms with van der Waals surface area (Å²) in [6.45, 7) is 1.18. The molecule has 1 aliphatic heterocycles. The first-order valence-corrected chi connectivity index (χ1v) is 12.4. The van der Waals surface area contributed by atoms with Crippen molar-refractivity contribution < 1.29 is 22.7 Å². The van der Waals surface area contributed by atoms with Crippen molar-refractivity contribution in [1.82, 2.24) is 9.62 Å². The van der Waals surface area contributed by atoms with E-state index in [1.54, 1.807) is 36.4 Å². The molecule has 0 saturated carbocycles. The largest absolute Gasteiger partial charge is 0.457 e. The number of benzene rings is 3. The van der Waals surface area contributed by atoms with Gasteiger partial charge in [0.1, 0.15) is 11.5 Å². The van der Waals surface area contributed by atoms with Crippen LogP contribution in [0, 0.1) is 0 Å². The average Bonchev–Trinajstić information content (AvgIpc) is 3.41. The number of sulfonamides is 1. The van der Waals surface area contributed by atoms with Crippen LogP contribution in [0.5, 0.6) is 11.5 Å². The lowest BCUT2D eigenvalue weighted by molar-refractivity contribution is -0.136. The molecule has 4 rings (SSSR count). The molecule has 0 radical (unpaired) electrons. The fraction of sp³-hybridized carbons (Fsp3) is 0.200. The van der Waals surface area contributed by atoms with Crippen LogP contribution in [0.15, 0.2) is 83.8 Å². The van der Waals surface area contributed by atoms with Crippen LogP contribution in [0.4, 0.5) is 5.69 Å². The van der Waals surface area contributed by atoms with Gasteiger partial charge in [-0.25, -0.2) is 8.42 Å². The van der Waals surface area contributed by atoms with Crippen LogP contribution in [0.2, 0.25) is 0 Å². The molecule has 8 nitrogen and oxygen atoms in total. The minimum Gasteiger partial charge on any atom is -0.457 e. The molecule has 0 spiro atoms. The van der Waals surface area contributed by atoms with Crippen molar-refractivity contribution in [2.75, 3.05) is 18.4 Å². The van der Waals surface area contributed by atoms with Crippen molar-refractivity contribution in [3.05, 3.63) is 84.4 Å². The monoisotopic (exact) mass is 479 g/mol. The molecule has 1 aliphatic rings. The molecule has 1 saturated heterocycles. The van der Waals surface area contributed by atoms with Crippen molar-refractivity contribution in [3.8, 4) is 11.5 Å². The highest BCUT2D eigenvalue weighted by Crippen LogP contribution is 2.23. The first kappa shape index (κ1) is 23.5. The Balaban J connectivity index is 1.27. The zero-order valence-electron chi connectivity index (χ0n) is 18.4. The number of hydrogen-bond acceptors (Lipinski definition) is 5. The summed E-state index contributed by atoms with van der Waals surface area (Å²) in [5, 5.41) is 5.08. The van der Waals surface area contributed by atoms with E-state index in [-0.39, 0.29) is 11.4 Å². The number of rotatable bonds is 7. The third-order valence-corrected chi connectivity index (χ3v) is 7.29. The summed E-state index contributed by atoms with van der Waals surface area (Å²) in [5.74, 6) is -0.299. The van der Waals surface area contributed by atoms with E-state index in [0.29, 0.717) is 35.8 Å². The van der Waals surface area contributed by atoms with E-state index in [1.165, 1.54) is 16.4 Å². The summed E-state index contributed by atoms with van der Waals surface area (Å²) in [5.41, 5.74) is 1.14. The van der Waals surface area contributed by atoms with Gasteiger partial charge in [0.2, 0.25) is 10.0 Å². The van der Waals surface area contributed by atoms with E-state index in [0.717, 1.165) is 12.8 Å². The van der Waals surface area contributed by atoms with Crippen molar-refractivity contribution in [3.63, 3.8) is 0 Å². The van der Waals surface area contributed by atoms with Crippen molar-refractivity contribution >= 4 is 27.5 Å². The Labute approximate surface area is 198 Å². The molecule has 0 aliphatic carbocycles. The Morgan fingerprint density at radius 3 is 2.06 bits per heavy atom. The van der Waals surface area contributed by atoms with Gasteiger partial charge >= 0.3 is 11.8 Å². The minimum atomic E-state index is -3.48. The predicted octanol–water partition coefficient (Wildman–Crippen LogP) is 3.52. The number of ether oxygens (including phenoxy) is 1. The number of nitrogens with zero attached hydrogens (tertiary/aromatic N) is 1. The van der Waals surface area contributed by atoms with Gasteiger partial charge in [0, 0.05) is 25.3 Å². The predicted molar refractivity (Wildman–Crippen MR) is 128 cm³/mol. The zero-order chi connectivity index (χ0) is 24.0. The first-order valence-electron chi connectivity index (χ1n) is 10.9. The summed E-state index contributed by atoms with van der Waals surface area (Å²) in [4.78, 5) is 24.6. The van der Waals surface area contributed by atoms with Gasteiger partial charge in [-0.3, -0.25) is 9.59 Å². The number of carbonyl (C=O) groups is 2. The molecule has 2 amide bonds. The fourth-order valence-electron chi connectivity index (χ4n) is 3.54. The maximum absolute atomic E-state index is 12.6. The standard InChI is InChI=1S/C25H25N3O5S/c29-24(25(30)27-20-10-12-22(13-11-20)33-21-6-2-1-3-7-21)26-18-19-8-14-23(15-9-19)34(31,32)28-16-4-5-17-28/h1-3,6-15H,4-5,16-18H2,(H,26,29)(H,27,30). The van der Waals surface area contributed by atoms with Crippen LogP contribution in [0.25, 0.3) is 0 Å². The van der Waals surface area contributed by atoms with E-state index >= 15 is 0 Å². The minimum absolute atomic E-state index is 0.0974. The highest BCUT2D eigenvalue weighted by molar-refractivity contribution is 7.89. The molecule has 1 heterocycles. The number of amides is 2. The topological polar surface area (TPSA) is 105 Å². The number of hydrogen-bond donors (Lipinski definition) is 2. The van der Waals surface area contributed by atoms with Crippen molar-refractivity contribution in [2.45, 2.75) is 24.3 Å². The maximum atomic E-state index is 12.6. The molecular weight excluding hydrogens is 454 g/mol. The van der Waals surface area contributed by atoms with Gasteiger partial charge < -0.3 is 15.4 Å². The van der Waals surface area contributed by atoms with Crippen LogP contribution in [-0.2, 0) is 26.2 Å². The average molecular weight is 480 g/mol. The fourth-order valence-corrected chi connectivity index (χ4v) is 5.06. The third kappa shape index (κ3) is 5.81. The first-order chi connectivity index (χ1) is 16.4. The number of nitrogens with one attached hydrogen (secondary N) is 2. The Hall–Kier alpha value is -3.69. The second kappa shape index (κ2) is 10.5. The zero-order valence-corrected chi connectivity index (χ0v) is 19.3. The number of para-hydroxylation sites is 1. The van der Waals surface area contributed by atoms with Crippen LogP contribution >= 0.6 is 0 Å². The van der Waals surface area contributed by atoms with E-state index in [1.807, 2.05) is 30.3 Å². The van der Waals surface area contributed by atoms with Gasteiger partial charge in [-0.1, -0.05) is 30.3 Å². The molecule has 0 aromatic heterocycles. The maximum Gasteiger partial charge on any atom is 0.313 e. The third-order valence-electron chi connectivity index (χ3n) is 5.38. The highest BCUT2D eigenvalue weighted by Gasteiger charge is 2.26. The smallest absolute Gasteiger partial charge is 0.313 e. The normalized spacial score (nSPS) is 13.9. The lowest BCUT2D eigenvalue weighted by atomic mass is 10.2. The molecule has 176 valence electrons. The van der Waals surface area contributed by atoms with Gasteiger partial charge in [-0.2, -0.15) is 4.31 Å². The SMILES string of the molecule is O=C(NCc1ccc(S(=O)(=O)N2CCCC2)cc1)C(=O)Nc1ccc(Oc2ccccc2)cc1. The van der Waals surface area contributed by atoms with Crippen LogP contribution in [0.1, 0.15) is 18.4 Å².